The molecule has 1 aromatic carbocycles. The third kappa shape index (κ3) is 3.18. The van der Waals surface area contributed by atoms with Crippen LogP contribution in [-0.4, -0.2) is 0 Å². The van der Waals surface area contributed by atoms with Crippen molar-refractivity contribution in [2.24, 2.45) is 0 Å². The number of rotatable bonds is 2. The molecule has 0 saturated carbocycles. The molecule has 1 aromatic rings. The first-order valence-corrected chi connectivity index (χ1v) is 4.41. The SMILES string of the molecule is C[C-](C)C(C)(C)c1ccccc1.[Y+3]. The van der Waals surface area contributed by atoms with Crippen molar-refractivity contribution in [1.82, 2.24) is 0 Å². The van der Waals surface area contributed by atoms with Gasteiger partial charge in [-0.15, -0.1) is 5.41 Å². The summed E-state index contributed by atoms with van der Waals surface area (Å²) in [7, 11) is 0. The molecule has 0 amide bonds. The maximum Gasteiger partial charge on any atom is 3.00 e. The van der Waals surface area contributed by atoms with Crippen LogP contribution >= 0.6 is 0 Å². The molecule has 66 valence electrons. The zero-order valence-electron chi connectivity index (χ0n) is 8.96. The van der Waals surface area contributed by atoms with Crippen molar-refractivity contribution in [2.45, 2.75) is 33.1 Å². The summed E-state index contributed by atoms with van der Waals surface area (Å²) in [5.41, 5.74) is 1.60. The van der Waals surface area contributed by atoms with E-state index in [0.717, 1.165) is 0 Å². The third-order valence-corrected chi connectivity index (χ3v) is 2.75. The Morgan fingerprint density at radius 1 is 1.00 bits per heavy atom. The molecule has 0 saturated heterocycles. The van der Waals surface area contributed by atoms with Crippen molar-refractivity contribution in [1.29, 1.82) is 0 Å². The van der Waals surface area contributed by atoms with Gasteiger partial charge in [0.15, 0.2) is 0 Å². The van der Waals surface area contributed by atoms with Gasteiger partial charge in [0.2, 0.25) is 0 Å². The van der Waals surface area contributed by atoms with Crippen LogP contribution in [0.15, 0.2) is 30.3 Å². The molecule has 0 heterocycles. The molecule has 0 spiro atoms. The van der Waals surface area contributed by atoms with Crippen LogP contribution in [0.4, 0.5) is 0 Å². The molecule has 1 heteroatoms. The van der Waals surface area contributed by atoms with E-state index in [1.807, 2.05) is 0 Å². The second-order valence-electron chi connectivity index (χ2n) is 3.99. The van der Waals surface area contributed by atoms with Crippen molar-refractivity contribution in [3.05, 3.63) is 41.8 Å². The van der Waals surface area contributed by atoms with E-state index in [1.54, 1.807) is 0 Å². The fourth-order valence-electron chi connectivity index (χ4n) is 1.14. The van der Waals surface area contributed by atoms with Crippen molar-refractivity contribution in [3.63, 3.8) is 0 Å². The molecular formula is C12H17Y+2. The predicted molar refractivity (Wildman–Crippen MR) is 54.1 cm³/mol. The fraction of sp³-hybridized carbons (Fsp3) is 0.417. The van der Waals surface area contributed by atoms with Crippen LogP contribution in [0.2, 0.25) is 0 Å². The van der Waals surface area contributed by atoms with Crippen LogP contribution in [0.25, 0.3) is 0 Å². The minimum atomic E-state index is 0. The smallest absolute Gasteiger partial charge is 0.310 e. The van der Waals surface area contributed by atoms with Crippen molar-refractivity contribution in [3.8, 4) is 0 Å². The molecule has 1 rings (SSSR count). The van der Waals surface area contributed by atoms with Gasteiger partial charge in [0, 0.05) is 0 Å². The number of benzene rings is 1. The van der Waals surface area contributed by atoms with E-state index in [-0.39, 0.29) is 38.1 Å². The minimum absolute atomic E-state index is 0. The minimum Gasteiger partial charge on any atom is -0.310 e. The van der Waals surface area contributed by atoms with Gasteiger partial charge in [0.25, 0.3) is 0 Å². The summed E-state index contributed by atoms with van der Waals surface area (Å²) >= 11 is 0. The van der Waals surface area contributed by atoms with Gasteiger partial charge in [-0.05, 0) is 0 Å². The van der Waals surface area contributed by atoms with Crippen LogP contribution < -0.4 is 0 Å². The van der Waals surface area contributed by atoms with Gasteiger partial charge in [-0.25, -0.2) is 0 Å². The number of hydrogen-bond donors (Lipinski definition) is 0. The average molecular weight is 250 g/mol. The molecule has 0 unspecified atom stereocenters. The van der Waals surface area contributed by atoms with E-state index < -0.39 is 0 Å². The topological polar surface area (TPSA) is 0 Å². The first-order valence-electron chi connectivity index (χ1n) is 4.41. The van der Waals surface area contributed by atoms with E-state index in [0.29, 0.717) is 0 Å². The van der Waals surface area contributed by atoms with E-state index >= 15 is 0 Å². The van der Waals surface area contributed by atoms with Crippen LogP contribution in [0, 0.1) is 5.92 Å². The molecule has 0 N–H and O–H groups in total. The molecule has 0 aliphatic rings. The average Bonchev–Trinajstić information content (AvgIpc) is 2.06. The van der Waals surface area contributed by atoms with Gasteiger partial charge in [0.1, 0.15) is 0 Å². The van der Waals surface area contributed by atoms with E-state index in [9.17, 15) is 0 Å². The third-order valence-electron chi connectivity index (χ3n) is 2.75. The molecule has 0 aliphatic carbocycles. The second kappa shape index (κ2) is 5.27. The quantitative estimate of drug-likeness (QED) is 0.704. The summed E-state index contributed by atoms with van der Waals surface area (Å²) < 4.78 is 0. The summed E-state index contributed by atoms with van der Waals surface area (Å²) in [6.07, 6.45) is 0. The Morgan fingerprint density at radius 2 is 1.46 bits per heavy atom. The zero-order valence-corrected chi connectivity index (χ0v) is 11.8. The first kappa shape index (κ1) is 13.3. The molecule has 0 fully saturated rings. The molecule has 0 nitrogen and oxygen atoms in total. The van der Waals surface area contributed by atoms with Gasteiger partial charge in [-0.3, -0.25) is 0 Å². The van der Waals surface area contributed by atoms with Crippen LogP contribution in [0.1, 0.15) is 33.3 Å². The fourth-order valence-corrected chi connectivity index (χ4v) is 1.14. The maximum absolute atomic E-state index is 2.26. The molecule has 0 radical (unpaired) electrons. The molecule has 0 bridgehead atoms. The van der Waals surface area contributed by atoms with Gasteiger partial charge in [-0.1, -0.05) is 49.7 Å². The molecule has 0 atom stereocenters. The molecule has 0 aliphatic heterocycles. The largest absolute Gasteiger partial charge is 3.00 e. The van der Waals surface area contributed by atoms with Crippen LogP contribution in [0.3, 0.4) is 0 Å². The maximum atomic E-state index is 2.26. The number of hydrogen-bond acceptors (Lipinski definition) is 0. The Kier molecular flexibility index (Phi) is 5.40. The molecule has 13 heavy (non-hydrogen) atoms. The van der Waals surface area contributed by atoms with Crippen molar-refractivity contribution >= 4 is 0 Å². The summed E-state index contributed by atoms with van der Waals surface area (Å²) in [6.45, 7) is 8.90. The monoisotopic (exact) mass is 250 g/mol. The van der Waals surface area contributed by atoms with Crippen LogP contribution in [0.5, 0.6) is 0 Å². The van der Waals surface area contributed by atoms with Crippen molar-refractivity contribution in [2.75, 3.05) is 0 Å². The Morgan fingerprint density at radius 3 is 1.85 bits per heavy atom. The van der Waals surface area contributed by atoms with E-state index in [1.165, 1.54) is 11.5 Å². The van der Waals surface area contributed by atoms with E-state index in [4.69, 9.17) is 0 Å². The van der Waals surface area contributed by atoms with Crippen LogP contribution in [-0.2, 0) is 38.1 Å². The van der Waals surface area contributed by atoms with Crippen molar-refractivity contribution < 1.29 is 32.7 Å². The summed E-state index contributed by atoms with van der Waals surface area (Å²) in [4.78, 5) is 0. The Balaban J connectivity index is 0.00000144. The Hall–Kier alpha value is 0.324. The van der Waals surface area contributed by atoms with Gasteiger partial charge >= 0.3 is 32.7 Å². The standard InChI is InChI=1S/C12H17.Y/c1-10(2)12(3,4)11-8-6-5-7-9-11;/h5-9H,1-4H3;/q-1;+3. The normalized spacial score (nSPS) is 11.2. The predicted octanol–water partition coefficient (Wildman–Crippen LogP) is 3.58. The summed E-state index contributed by atoms with van der Waals surface area (Å²) in [6, 6.07) is 10.6. The summed E-state index contributed by atoms with van der Waals surface area (Å²) in [5.74, 6) is 1.45. The van der Waals surface area contributed by atoms with Gasteiger partial charge < -0.3 is 5.92 Å². The Bertz CT molecular complexity index is 237. The van der Waals surface area contributed by atoms with E-state index in [2.05, 4.69) is 58.0 Å². The van der Waals surface area contributed by atoms with Gasteiger partial charge in [0.05, 0.1) is 0 Å². The molecule has 0 aromatic heterocycles. The first-order chi connectivity index (χ1) is 5.55. The van der Waals surface area contributed by atoms with Gasteiger partial charge in [-0.2, -0.15) is 13.8 Å². The molecular weight excluding hydrogens is 233 g/mol. The zero-order chi connectivity index (χ0) is 9.19. The second-order valence-corrected chi connectivity index (χ2v) is 3.99. The summed E-state index contributed by atoms with van der Waals surface area (Å²) in [5, 5.41) is 0. The Labute approximate surface area is 107 Å².